The highest BCUT2D eigenvalue weighted by Crippen LogP contribution is 2.25. The van der Waals surface area contributed by atoms with Gasteiger partial charge in [-0.05, 0) is 32.0 Å². The third-order valence-corrected chi connectivity index (χ3v) is 3.53. The normalized spacial score (nSPS) is 11.8. The maximum Gasteiger partial charge on any atom is 0.238 e. The largest absolute Gasteiger partial charge is 0.397 e. The van der Waals surface area contributed by atoms with Crippen molar-refractivity contribution in [3.05, 3.63) is 18.2 Å². The van der Waals surface area contributed by atoms with E-state index in [2.05, 4.69) is 0 Å². The molecule has 0 bridgehead atoms. The second-order valence-corrected chi connectivity index (χ2v) is 6.17. The summed E-state index contributed by atoms with van der Waals surface area (Å²) >= 11 is 0. The van der Waals surface area contributed by atoms with Gasteiger partial charge >= 0.3 is 0 Å². The minimum atomic E-state index is -3.72. The molecule has 0 spiro atoms. The number of rotatable bonds is 6. The molecular weight excluding hydrogens is 266 g/mol. The summed E-state index contributed by atoms with van der Waals surface area (Å²) in [6, 6.07) is 4.40. The number of likely N-dealkylation sites (N-methyl/N-ethyl adjacent to an activating group) is 1. The first-order valence-corrected chi connectivity index (χ1v) is 7.51. The zero-order valence-corrected chi connectivity index (χ0v) is 12.3. The van der Waals surface area contributed by atoms with E-state index in [0.717, 1.165) is 0 Å². The molecule has 1 aromatic carbocycles. The zero-order valence-electron chi connectivity index (χ0n) is 11.5. The van der Waals surface area contributed by atoms with Crippen LogP contribution in [-0.4, -0.2) is 34.7 Å². The van der Waals surface area contributed by atoms with E-state index in [1.165, 1.54) is 18.2 Å². The van der Waals surface area contributed by atoms with Gasteiger partial charge in [0.1, 0.15) is 0 Å². The molecule has 1 aromatic rings. The molecule has 0 aliphatic rings. The van der Waals surface area contributed by atoms with Crippen LogP contribution >= 0.6 is 0 Å². The van der Waals surface area contributed by atoms with Crippen LogP contribution in [0.1, 0.15) is 13.8 Å². The summed E-state index contributed by atoms with van der Waals surface area (Å²) in [5.41, 5.74) is 6.97. The van der Waals surface area contributed by atoms with Crippen molar-refractivity contribution in [3.8, 4) is 0 Å². The predicted molar refractivity (Wildman–Crippen MR) is 76.6 cm³/mol. The van der Waals surface area contributed by atoms with Crippen molar-refractivity contribution in [2.24, 2.45) is 5.14 Å². The van der Waals surface area contributed by atoms with Crippen LogP contribution in [0.2, 0.25) is 0 Å². The predicted octanol–water partition coefficient (Wildman–Crippen LogP) is 0.777. The summed E-state index contributed by atoms with van der Waals surface area (Å²) in [5.74, 6) is 0. The van der Waals surface area contributed by atoms with E-state index >= 15 is 0 Å². The smallest absolute Gasteiger partial charge is 0.238 e. The van der Waals surface area contributed by atoms with Crippen molar-refractivity contribution >= 4 is 21.4 Å². The summed E-state index contributed by atoms with van der Waals surface area (Å²) in [4.78, 5) is 1.89. The highest BCUT2D eigenvalue weighted by Gasteiger charge is 2.12. The van der Waals surface area contributed by atoms with Gasteiger partial charge in [0.05, 0.1) is 29.0 Å². The molecule has 7 heteroatoms. The lowest BCUT2D eigenvalue weighted by Gasteiger charge is -2.22. The van der Waals surface area contributed by atoms with Gasteiger partial charge in [0.15, 0.2) is 0 Å². The molecule has 0 atom stereocenters. The molecule has 108 valence electrons. The van der Waals surface area contributed by atoms with Crippen molar-refractivity contribution in [2.45, 2.75) is 24.8 Å². The number of anilines is 2. The lowest BCUT2D eigenvalue weighted by atomic mass is 10.2. The quantitative estimate of drug-likeness (QED) is 0.753. The summed E-state index contributed by atoms with van der Waals surface area (Å²) in [6.45, 7) is 5.05. The van der Waals surface area contributed by atoms with Crippen molar-refractivity contribution in [1.29, 1.82) is 0 Å². The number of primary sulfonamides is 1. The number of nitrogens with zero attached hydrogens (tertiary/aromatic N) is 1. The Hall–Kier alpha value is -1.31. The Kier molecular flexibility index (Phi) is 5.16. The molecule has 1 rings (SSSR count). The fourth-order valence-electron chi connectivity index (χ4n) is 1.58. The first-order chi connectivity index (χ1) is 8.71. The van der Waals surface area contributed by atoms with Crippen LogP contribution in [0.15, 0.2) is 23.1 Å². The number of ether oxygens (including phenoxy) is 1. The van der Waals surface area contributed by atoms with Crippen molar-refractivity contribution in [1.82, 2.24) is 0 Å². The summed E-state index contributed by atoms with van der Waals surface area (Å²) in [7, 11) is -1.90. The molecule has 4 N–H and O–H groups in total. The van der Waals surface area contributed by atoms with Gasteiger partial charge in [-0.15, -0.1) is 0 Å². The van der Waals surface area contributed by atoms with Gasteiger partial charge < -0.3 is 15.4 Å². The Balaban J connectivity index is 2.87. The van der Waals surface area contributed by atoms with Gasteiger partial charge in [-0.1, -0.05) is 0 Å². The highest BCUT2D eigenvalue weighted by molar-refractivity contribution is 7.89. The lowest BCUT2D eigenvalue weighted by molar-refractivity contribution is 0.0846. The van der Waals surface area contributed by atoms with E-state index in [9.17, 15) is 8.42 Å². The molecule has 0 aliphatic carbocycles. The average molecular weight is 287 g/mol. The number of hydrogen-bond acceptors (Lipinski definition) is 5. The standard InChI is InChI=1S/C12H21N3O3S/c1-9(2)18-7-6-15(3)12-8-10(19(14,16)17)4-5-11(12)13/h4-5,8-9H,6-7,13H2,1-3H3,(H2,14,16,17). The number of benzene rings is 1. The van der Waals surface area contributed by atoms with Crippen LogP contribution in [0.4, 0.5) is 11.4 Å². The van der Waals surface area contributed by atoms with Crippen LogP contribution < -0.4 is 15.8 Å². The molecule has 0 unspecified atom stereocenters. The van der Waals surface area contributed by atoms with E-state index in [4.69, 9.17) is 15.6 Å². The molecule has 0 saturated heterocycles. The minimum absolute atomic E-state index is 0.0494. The Morgan fingerprint density at radius 2 is 2.00 bits per heavy atom. The first-order valence-electron chi connectivity index (χ1n) is 5.97. The van der Waals surface area contributed by atoms with E-state index in [1.54, 1.807) is 0 Å². The van der Waals surface area contributed by atoms with Gasteiger partial charge in [0.2, 0.25) is 10.0 Å². The van der Waals surface area contributed by atoms with Gasteiger partial charge in [-0.3, -0.25) is 0 Å². The van der Waals surface area contributed by atoms with Gasteiger partial charge in [0, 0.05) is 13.6 Å². The molecule has 0 fully saturated rings. The van der Waals surface area contributed by atoms with Crippen molar-refractivity contribution in [2.75, 3.05) is 30.8 Å². The van der Waals surface area contributed by atoms with Gasteiger partial charge in [-0.25, -0.2) is 13.6 Å². The third kappa shape index (κ3) is 4.70. The molecule has 0 aliphatic heterocycles. The Morgan fingerprint density at radius 3 is 2.53 bits per heavy atom. The Bertz CT molecular complexity index is 529. The van der Waals surface area contributed by atoms with Gasteiger partial charge in [-0.2, -0.15) is 0 Å². The minimum Gasteiger partial charge on any atom is -0.397 e. The fraction of sp³-hybridized carbons (Fsp3) is 0.500. The number of hydrogen-bond donors (Lipinski definition) is 2. The van der Waals surface area contributed by atoms with Crippen LogP contribution in [0.3, 0.4) is 0 Å². The van der Waals surface area contributed by atoms with E-state index < -0.39 is 10.0 Å². The van der Waals surface area contributed by atoms with E-state index in [0.29, 0.717) is 24.5 Å². The highest BCUT2D eigenvalue weighted by atomic mass is 32.2. The molecule has 0 amide bonds. The van der Waals surface area contributed by atoms with Crippen LogP contribution in [-0.2, 0) is 14.8 Å². The molecule has 0 radical (unpaired) electrons. The Morgan fingerprint density at radius 1 is 1.37 bits per heavy atom. The summed E-state index contributed by atoms with van der Waals surface area (Å²) in [5, 5.41) is 5.10. The van der Waals surface area contributed by atoms with Crippen LogP contribution in [0.5, 0.6) is 0 Å². The van der Waals surface area contributed by atoms with E-state index in [1.807, 2.05) is 25.8 Å². The monoisotopic (exact) mass is 287 g/mol. The van der Waals surface area contributed by atoms with E-state index in [-0.39, 0.29) is 11.0 Å². The Labute approximate surface area is 114 Å². The third-order valence-electron chi connectivity index (χ3n) is 2.62. The summed E-state index contributed by atoms with van der Waals surface area (Å²) in [6.07, 6.45) is 0.154. The fourth-order valence-corrected chi connectivity index (χ4v) is 2.11. The maximum atomic E-state index is 11.3. The van der Waals surface area contributed by atoms with Crippen LogP contribution in [0, 0.1) is 0 Å². The van der Waals surface area contributed by atoms with Crippen molar-refractivity contribution in [3.63, 3.8) is 0 Å². The molecule has 0 saturated carbocycles. The van der Waals surface area contributed by atoms with Gasteiger partial charge in [0.25, 0.3) is 0 Å². The number of nitrogen functional groups attached to an aromatic ring is 1. The number of nitrogens with two attached hydrogens (primary N) is 2. The van der Waals surface area contributed by atoms with Crippen LogP contribution in [0.25, 0.3) is 0 Å². The lowest BCUT2D eigenvalue weighted by Crippen LogP contribution is -2.25. The molecule has 0 heterocycles. The maximum absolute atomic E-state index is 11.3. The average Bonchev–Trinajstić information content (AvgIpc) is 2.27. The molecule has 0 aromatic heterocycles. The SMILES string of the molecule is CC(C)OCCN(C)c1cc(S(N)(=O)=O)ccc1N. The number of sulfonamides is 1. The molecular formula is C12H21N3O3S. The second-order valence-electron chi connectivity index (χ2n) is 4.61. The molecule has 6 nitrogen and oxygen atoms in total. The molecule has 19 heavy (non-hydrogen) atoms. The second kappa shape index (κ2) is 6.23. The topological polar surface area (TPSA) is 98.6 Å². The summed E-state index contributed by atoms with van der Waals surface area (Å²) < 4.78 is 28.1. The first kappa shape index (κ1) is 15.7. The zero-order chi connectivity index (χ0) is 14.6. The van der Waals surface area contributed by atoms with Crippen molar-refractivity contribution < 1.29 is 13.2 Å².